The van der Waals surface area contributed by atoms with Gasteiger partial charge in [-0.25, -0.2) is 0 Å². The third-order valence-electron chi connectivity index (χ3n) is 2.84. The summed E-state index contributed by atoms with van der Waals surface area (Å²) in [6, 6.07) is 5.33. The highest BCUT2D eigenvalue weighted by molar-refractivity contribution is 5.93. The van der Waals surface area contributed by atoms with E-state index in [9.17, 15) is 5.11 Å². The molecule has 1 aromatic carbocycles. The van der Waals surface area contributed by atoms with Crippen LogP contribution in [0.4, 0.5) is 0 Å². The quantitative estimate of drug-likeness (QED) is 0.844. The van der Waals surface area contributed by atoms with E-state index in [0.29, 0.717) is 5.56 Å². The molecule has 1 aromatic heterocycles. The van der Waals surface area contributed by atoms with Crippen LogP contribution in [0.1, 0.15) is 11.1 Å². The molecule has 4 nitrogen and oxygen atoms in total. The Balaban J connectivity index is 2.49. The van der Waals surface area contributed by atoms with Gasteiger partial charge in [-0.3, -0.25) is 0 Å². The third kappa shape index (κ3) is 2.10. The molecule has 4 heteroatoms. The number of fused-ring (bicyclic) bond motifs is 1. The molecule has 0 aliphatic rings. The maximum absolute atomic E-state index is 9.88. The molecule has 0 bridgehead atoms. The van der Waals surface area contributed by atoms with Gasteiger partial charge in [0.2, 0.25) is 0 Å². The number of aromatic nitrogens is 1. The Morgan fingerprint density at radius 2 is 2.18 bits per heavy atom. The lowest BCUT2D eigenvalue weighted by Gasteiger charge is -2.08. The second kappa shape index (κ2) is 4.48. The molecular formula is C13H15N3O. The lowest BCUT2D eigenvalue weighted by Crippen LogP contribution is -2.14. The Hall–Kier alpha value is -1.99. The molecule has 2 rings (SSSR count). The number of aromatic hydroxyl groups is 1. The molecular weight excluding hydrogens is 214 g/mol. The topological polar surface area (TPSA) is 63.0 Å². The van der Waals surface area contributed by atoms with Crippen LogP contribution in [-0.4, -0.2) is 35.6 Å². The van der Waals surface area contributed by atoms with Gasteiger partial charge in [0.15, 0.2) is 0 Å². The SMILES string of the molecule is CN(C)CCc1c[nH]c2c(C#N)ccc(O)c12. The Morgan fingerprint density at radius 3 is 2.82 bits per heavy atom. The van der Waals surface area contributed by atoms with Crippen LogP contribution >= 0.6 is 0 Å². The highest BCUT2D eigenvalue weighted by Gasteiger charge is 2.11. The van der Waals surface area contributed by atoms with Gasteiger partial charge in [0.25, 0.3) is 0 Å². The van der Waals surface area contributed by atoms with E-state index in [1.807, 2.05) is 20.3 Å². The summed E-state index contributed by atoms with van der Waals surface area (Å²) in [5.41, 5.74) is 2.33. The highest BCUT2D eigenvalue weighted by Crippen LogP contribution is 2.30. The average Bonchev–Trinajstić information content (AvgIpc) is 2.72. The summed E-state index contributed by atoms with van der Waals surface area (Å²) in [7, 11) is 4.02. The van der Waals surface area contributed by atoms with Crippen molar-refractivity contribution in [1.29, 1.82) is 5.26 Å². The van der Waals surface area contributed by atoms with Crippen LogP contribution in [0, 0.1) is 11.3 Å². The maximum Gasteiger partial charge on any atom is 0.125 e. The van der Waals surface area contributed by atoms with Crippen LogP contribution in [0.5, 0.6) is 5.75 Å². The standard InChI is InChI=1S/C13H15N3O/c1-16(2)6-5-10-8-15-13-9(7-14)3-4-11(17)12(10)13/h3-4,8,15,17H,5-6H2,1-2H3. The Kier molecular flexibility index (Phi) is 3.03. The van der Waals surface area contributed by atoms with Crippen LogP contribution in [0.25, 0.3) is 10.9 Å². The molecule has 0 unspecified atom stereocenters. The number of nitrogens with one attached hydrogen (secondary N) is 1. The molecule has 0 amide bonds. The number of benzene rings is 1. The van der Waals surface area contributed by atoms with Crippen molar-refractivity contribution in [2.24, 2.45) is 0 Å². The number of hydrogen-bond acceptors (Lipinski definition) is 3. The smallest absolute Gasteiger partial charge is 0.125 e. The lowest BCUT2D eigenvalue weighted by molar-refractivity contribution is 0.414. The molecule has 17 heavy (non-hydrogen) atoms. The average molecular weight is 229 g/mol. The summed E-state index contributed by atoms with van der Waals surface area (Å²) < 4.78 is 0. The van der Waals surface area contributed by atoms with E-state index in [-0.39, 0.29) is 5.75 Å². The van der Waals surface area contributed by atoms with Gasteiger partial charge >= 0.3 is 0 Å². The van der Waals surface area contributed by atoms with Gasteiger partial charge in [-0.1, -0.05) is 0 Å². The van der Waals surface area contributed by atoms with Crippen molar-refractivity contribution >= 4 is 10.9 Å². The van der Waals surface area contributed by atoms with Crippen molar-refractivity contribution in [2.75, 3.05) is 20.6 Å². The van der Waals surface area contributed by atoms with Crippen molar-refractivity contribution in [2.45, 2.75) is 6.42 Å². The Labute approximate surface area is 100 Å². The number of nitriles is 1. The lowest BCUT2D eigenvalue weighted by atomic mass is 10.1. The van der Waals surface area contributed by atoms with Crippen LogP contribution in [-0.2, 0) is 6.42 Å². The van der Waals surface area contributed by atoms with Gasteiger partial charge < -0.3 is 15.0 Å². The van der Waals surface area contributed by atoms with E-state index in [1.165, 1.54) is 0 Å². The first kappa shape index (κ1) is 11.5. The first-order valence-electron chi connectivity index (χ1n) is 5.50. The minimum atomic E-state index is 0.231. The van der Waals surface area contributed by atoms with E-state index >= 15 is 0 Å². The summed E-state index contributed by atoms with van der Waals surface area (Å²) in [5, 5.41) is 19.6. The Morgan fingerprint density at radius 1 is 1.41 bits per heavy atom. The van der Waals surface area contributed by atoms with Crippen LogP contribution < -0.4 is 0 Å². The molecule has 0 aliphatic heterocycles. The number of aromatic amines is 1. The number of phenolic OH excluding ortho intramolecular Hbond substituents is 1. The number of phenols is 1. The van der Waals surface area contributed by atoms with Gasteiger partial charge in [0.1, 0.15) is 11.8 Å². The number of H-pyrrole nitrogens is 1. The van der Waals surface area contributed by atoms with Crippen molar-refractivity contribution in [3.05, 3.63) is 29.5 Å². The van der Waals surface area contributed by atoms with Gasteiger partial charge in [-0.05, 0) is 38.2 Å². The van der Waals surface area contributed by atoms with E-state index < -0.39 is 0 Å². The van der Waals surface area contributed by atoms with E-state index in [4.69, 9.17) is 5.26 Å². The molecule has 0 fully saturated rings. The largest absolute Gasteiger partial charge is 0.507 e. The molecule has 0 saturated carbocycles. The Bertz CT molecular complexity index is 578. The summed E-state index contributed by atoms with van der Waals surface area (Å²) in [4.78, 5) is 5.16. The minimum absolute atomic E-state index is 0.231. The number of hydrogen-bond donors (Lipinski definition) is 2. The van der Waals surface area contributed by atoms with Crippen LogP contribution in [0.2, 0.25) is 0 Å². The molecule has 0 saturated heterocycles. The van der Waals surface area contributed by atoms with E-state index in [0.717, 1.165) is 29.4 Å². The summed E-state index contributed by atoms with van der Waals surface area (Å²) in [5.74, 6) is 0.231. The molecule has 1 heterocycles. The zero-order valence-electron chi connectivity index (χ0n) is 9.99. The first-order valence-corrected chi connectivity index (χ1v) is 5.50. The third-order valence-corrected chi connectivity index (χ3v) is 2.84. The number of likely N-dealkylation sites (N-methyl/N-ethyl adjacent to an activating group) is 1. The summed E-state index contributed by atoms with van der Waals surface area (Å²) in [6.07, 6.45) is 2.71. The van der Waals surface area contributed by atoms with Crippen LogP contribution in [0.3, 0.4) is 0 Å². The van der Waals surface area contributed by atoms with Gasteiger partial charge in [-0.15, -0.1) is 0 Å². The zero-order chi connectivity index (χ0) is 12.4. The predicted octanol–water partition coefficient (Wildman–Crippen LogP) is 1.85. The summed E-state index contributed by atoms with van der Waals surface area (Å²) >= 11 is 0. The monoisotopic (exact) mass is 229 g/mol. The second-order valence-corrected chi connectivity index (χ2v) is 4.36. The highest BCUT2D eigenvalue weighted by atomic mass is 16.3. The fourth-order valence-corrected chi connectivity index (χ4v) is 1.93. The van der Waals surface area contributed by atoms with Gasteiger partial charge in [0.05, 0.1) is 11.1 Å². The van der Waals surface area contributed by atoms with Gasteiger partial charge in [0, 0.05) is 18.1 Å². The maximum atomic E-state index is 9.88. The molecule has 0 radical (unpaired) electrons. The second-order valence-electron chi connectivity index (χ2n) is 4.36. The molecule has 0 spiro atoms. The van der Waals surface area contributed by atoms with Gasteiger partial charge in [-0.2, -0.15) is 5.26 Å². The molecule has 88 valence electrons. The zero-order valence-corrected chi connectivity index (χ0v) is 9.99. The van der Waals surface area contributed by atoms with E-state index in [2.05, 4.69) is 16.0 Å². The fraction of sp³-hybridized carbons (Fsp3) is 0.308. The van der Waals surface area contributed by atoms with Crippen molar-refractivity contribution in [1.82, 2.24) is 9.88 Å². The predicted molar refractivity (Wildman–Crippen MR) is 66.9 cm³/mol. The van der Waals surface area contributed by atoms with Crippen molar-refractivity contribution < 1.29 is 5.11 Å². The molecule has 2 aromatic rings. The molecule has 0 atom stereocenters. The normalized spacial score (nSPS) is 10.9. The van der Waals surface area contributed by atoms with Crippen molar-refractivity contribution in [3.8, 4) is 11.8 Å². The fourth-order valence-electron chi connectivity index (χ4n) is 1.93. The summed E-state index contributed by atoms with van der Waals surface area (Å²) in [6.45, 7) is 0.906. The molecule has 2 N–H and O–H groups in total. The minimum Gasteiger partial charge on any atom is -0.507 e. The van der Waals surface area contributed by atoms with Crippen molar-refractivity contribution in [3.63, 3.8) is 0 Å². The van der Waals surface area contributed by atoms with Crippen LogP contribution in [0.15, 0.2) is 18.3 Å². The first-order chi connectivity index (χ1) is 8.13. The molecule has 0 aliphatic carbocycles. The van der Waals surface area contributed by atoms with E-state index in [1.54, 1.807) is 12.1 Å². The number of rotatable bonds is 3. The number of nitrogens with zero attached hydrogens (tertiary/aromatic N) is 2.